The maximum Gasteiger partial charge on any atom is 0.340 e. The van der Waals surface area contributed by atoms with Crippen molar-refractivity contribution in [2.45, 2.75) is 25.9 Å². The predicted octanol–water partition coefficient (Wildman–Crippen LogP) is 8.03. The Balaban J connectivity index is 1.26. The summed E-state index contributed by atoms with van der Waals surface area (Å²) in [4.78, 5) is 34.9. The van der Waals surface area contributed by atoms with Gasteiger partial charge >= 0.3 is 5.97 Å². The highest BCUT2D eigenvalue weighted by atomic mass is 16.5. The molecule has 1 fully saturated rings. The van der Waals surface area contributed by atoms with E-state index in [0.29, 0.717) is 30.6 Å². The molecule has 5 aromatic rings. The Bertz CT molecular complexity index is 1750. The van der Waals surface area contributed by atoms with Crippen LogP contribution in [0.5, 0.6) is 0 Å². The van der Waals surface area contributed by atoms with Crippen LogP contribution in [0.3, 0.4) is 0 Å². The van der Waals surface area contributed by atoms with Crippen molar-refractivity contribution in [3.05, 3.63) is 156 Å². The smallest absolute Gasteiger partial charge is 0.340 e. The fourth-order valence-electron chi connectivity index (χ4n) is 5.47. The van der Waals surface area contributed by atoms with E-state index in [4.69, 9.17) is 14.5 Å². The van der Waals surface area contributed by atoms with E-state index in [9.17, 15) is 9.59 Å². The molecule has 7 nitrogen and oxygen atoms in total. The van der Waals surface area contributed by atoms with Crippen molar-refractivity contribution in [2.24, 2.45) is 4.99 Å². The lowest BCUT2D eigenvalue weighted by Gasteiger charge is -2.25. The molecule has 1 aliphatic heterocycles. The third-order valence-electron chi connectivity index (χ3n) is 7.75. The van der Waals surface area contributed by atoms with Crippen molar-refractivity contribution < 1.29 is 19.1 Å². The number of esters is 1. The zero-order valence-electron chi connectivity index (χ0n) is 25.7. The molecule has 1 amide bonds. The van der Waals surface area contributed by atoms with Crippen LogP contribution in [0.4, 0.5) is 22.7 Å². The van der Waals surface area contributed by atoms with Crippen LogP contribution >= 0.6 is 0 Å². The van der Waals surface area contributed by atoms with Crippen molar-refractivity contribution in [2.75, 3.05) is 18.1 Å². The first-order valence-electron chi connectivity index (χ1n) is 15.5. The third-order valence-corrected chi connectivity index (χ3v) is 7.75. The molecule has 0 bridgehead atoms. The summed E-state index contributed by atoms with van der Waals surface area (Å²) in [6, 6.07) is 45.7. The van der Waals surface area contributed by atoms with Crippen LogP contribution < -0.4 is 4.90 Å². The summed E-state index contributed by atoms with van der Waals surface area (Å²) >= 11 is 0. The highest BCUT2D eigenvalue weighted by Crippen LogP contribution is 2.34. The van der Waals surface area contributed by atoms with Crippen molar-refractivity contribution >= 4 is 40.6 Å². The van der Waals surface area contributed by atoms with Gasteiger partial charge in [0.05, 0.1) is 17.9 Å². The Hall–Kier alpha value is -5.69. The number of amidine groups is 1. The van der Waals surface area contributed by atoms with E-state index >= 15 is 0 Å². The second kappa shape index (κ2) is 14.4. The molecule has 1 aliphatic rings. The minimum Gasteiger partial charge on any atom is -0.462 e. The molecule has 230 valence electrons. The molecule has 1 heterocycles. The Morgan fingerprint density at radius 2 is 1.30 bits per heavy atom. The van der Waals surface area contributed by atoms with Crippen molar-refractivity contribution in [3.63, 3.8) is 0 Å². The van der Waals surface area contributed by atoms with Crippen molar-refractivity contribution in [3.8, 4) is 0 Å². The van der Waals surface area contributed by atoms with E-state index in [0.717, 1.165) is 28.2 Å². The number of nitrogens with zero attached hydrogens (tertiary/aromatic N) is 3. The number of anilines is 3. The summed E-state index contributed by atoms with van der Waals surface area (Å²) < 4.78 is 11.5. The largest absolute Gasteiger partial charge is 0.462 e. The van der Waals surface area contributed by atoms with Gasteiger partial charge in [-0.25, -0.2) is 4.79 Å². The minimum absolute atomic E-state index is 0.164. The summed E-state index contributed by atoms with van der Waals surface area (Å²) in [6.45, 7) is 2.40. The number of carbonyl (C=O) groups excluding carboxylic acids is 2. The van der Waals surface area contributed by atoms with E-state index in [1.54, 1.807) is 36.1 Å². The van der Waals surface area contributed by atoms with Crippen LogP contribution in [0.15, 0.2) is 145 Å². The van der Waals surface area contributed by atoms with Crippen molar-refractivity contribution in [1.29, 1.82) is 0 Å². The zero-order chi connectivity index (χ0) is 31.7. The number of benzene rings is 5. The van der Waals surface area contributed by atoms with Crippen LogP contribution in [0, 0.1) is 0 Å². The van der Waals surface area contributed by atoms with Gasteiger partial charge < -0.3 is 14.4 Å². The molecule has 1 saturated heterocycles. The molecule has 46 heavy (non-hydrogen) atoms. The lowest BCUT2D eigenvalue weighted by Crippen LogP contribution is -2.34. The fraction of sp³-hybridized carbons (Fsp3) is 0.154. The second-order valence-electron chi connectivity index (χ2n) is 10.8. The number of aliphatic imine (C=N–C) groups is 1. The quantitative estimate of drug-likeness (QED) is 0.142. The van der Waals surface area contributed by atoms with Crippen LogP contribution in [-0.2, 0) is 27.1 Å². The molecule has 0 radical (unpaired) electrons. The second-order valence-corrected chi connectivity index (χ2v) is 10.8. The molecular weight excluding hydrogens is 574 g/mol. The SMILES string of the molecule is CCOC(=O)c1ccccc1N=C1OC(Cc2ccc(N(c3ccccc3)c3ccccc3)cc2)C(=O)N1CCc1ccccc1. The van der Waals surface area contributed by atoms with Crippen LogP contribution in [0.1, 0.15) is 28.4 Å². The summed E-state index contributed by atoms with van der Waals surface area (Å²) in [6.07, 6.45) is 0.246. The number of hydrogen-bond acceptors (Lipinski definition) is 6. The lowest BCUT2D eigenvalue weighted by atomic mass is 10.1. The Morgan fingerprint density at radius 1 is 0.739 bits per heavy atom. The number of amides is 1. The first-order valence-corrected chi connectivity index (χ1v) is 15.5. The maximum atomic E-state index is 13.8. The molecule has 0 spiro atoms. The van der Waals surface area contributed by atoms with Gasteiger partial charge in [0, 0.05) is 30.0 Å². The van der Waals surface area contributed by atoms with Crippen molar-refractivity contribution in [1.82, 2.24) is 4.90 Å². The molecule has 1 atom stereocenters. The summed E-state index contributed by atoms with van der Waals surface area (Å²) in [7, 11) is 0. The normalized spacial score (nSPS) is 15.1. The first kappa shape index (κ1) is 30.3. The van der Waals surface area contributed by atoms with Gasteiger partial charge in [-0.15, -0.1) is 0 Å². The molecule has 0 N–H and O–H groups in total. The average Bonchev–Trinajstić information content (AvgIpc) is 3.39. The molecule has 6 rings (SSSR count). The van der Waals surface area contributed by atoms with Crippen LogP contribution in [-0.4, -0.2) is 42.1 Å². The van der Waals surface area contributed by atoms with Gasteiger partial charge in [-0.1, -0.05) is 91.0 Å². The number of hydrogen-bond donors (Lipinski definition) is 0. The Morgan fingerprint density at radius 3 is 1.93 bits per heavy atom. The van der Waals surface area contributed by atoms with E-state index in [1.165, 1.54) is 0 Å². The standard InChI is InChI=1S/C39H35N3O4/c1-2-45-38(44)34-20-12-13-21-35(34)40-39-41(27-26-29-14-6-3-7-15-29)37(43)36(46-39)28-30-22-24-33(25-23-30)42(31-16-8-4-9-17-31)32-18-10-5-11-19-32/h3-25,36H,2,26-28H2,1H3. The monoisotopic (exact) mass is 609 g/mol. The molecular formula is C39H35N3O4. The Labute approximate surface area is 269 Å². The van der Waals surface area contributed by atoms with E-state index in [-0.39, 0.29) is 18.5 Å². The zero-order valence-corrected chi connectivity index (χ0v) is 25.7. The minimum atomic E-state index is -0.755. The van der Waals surface area contributed by atoms with Gasteiger partial charge in [0.2, 0.25) is 0 Å². The van der Waals surface area contributed by atoms with Gasteiger partial charge in [0.1, 0.15) is 0 Å². The number of rotatable bonds is 11. The molecule has 1 unspecified atom stereocenters. The van der Waals surface area contributed by atoms with E-state index < -0.39 is 12.1 Å². The molecule has 0 aromatic heterocycles. The highest BCUT2D eigenvalue weighted by Gasteiger charge is 2.39. The molecule has 5 aromatic carbocycles. The van der Waals surface area contributed by atoms with E-state index in [2.05, 4.69) is 41.3 Å². The summed E-state index contributed by atoms with van der Waals surface area (Å²) in [5.41, 5.74) is 5.86. The highest BCUT2D eigenvalue weighted by molar-refractivity contribution is 6.04. The summed E-state index contributed by atoms with van der Waals surface area (Å²) in [5, 5.41) is 0. The summed E-state index contributed by atoms with van der Waals surface area (Å²) in [5.74, 6) is -0.637. The number of ether oxygens (including phenoxy) is 2. The maximum absolute atomic E-state index is 13.8. The predicted molar refractivity (Wildman–Crippen MR) is 181 cm³/mol. The molecule has 0 aliphatic carbocycles. The lowest BCUT2D eigenvalue weighted by molar-refractivity contribution is -0.129. The van der Waals surface area contributed by atoms with Gasteiger partial charge in [0.25, 0.3) is 11.9 Å². The fourth-order valence-corrected chi connectivity index (χ4v) is 5.47. The van der Waals surface area contributed by atoms with Gasteiger partial charge in [-0.3, -0.25) is 9.69 Å². The first-order chi connectivity index (χ1) is 22.6. The van der Waals surface area contributed by atoms with Gasteiger partial charge in [-0.05, 0) is 73.0 Å². The van der Waals surface area contributed by atoms with Crippen LogP contribution in [0.2, 0.25) is 0 Å². The third kappa shape index (κ3) is 7.00. The number of carbonyl (C=O) groups is 2. The average molecular weight is 610 g/mol. The Kier molecular flexibility index (Phi) is 9.49. The van der Waals surface area contributed by atoms with Gasteiger partial charge in [0.15, 0.2) is 6.10 Å². The molecule has 0 saturated carbocycles. The van der Waals surface area contributed by atoms with Gasteiger partial charge in [-0.2, -0.15) is 4.99 Å². The van der Waals surface area contributed by atoms with E-state index in [1.807, 2.05) is 78.9 Å². The van der Waals surface area contributed by atoms with Crippen LogP contribution in [0.25, 0.3) is 0 Å². The number of para-hydroxylation sites is 3. The topological polar surface area (TPSA) is 71.4 Å². The molecule has 7 heteroatoms.